The second-order valence-corrected chi connectivity index (χ2v) is 5.67. The normalized spacial score (nSPS) is 11.8. The van der Waals surface area contributed by atoms with Gasteiger partial charge in [-0.15, -0.1) is 0 Å². The van der Waals surface area contributed by atoms with Gasteiger partial charge in [0.1, 0.15) is 5.75 Å². The van der Waals surface area contributed by atoms with Crippen LogP contribution in [0, 0.1) is 0 Å². The predicted molar refractivity (Wildman–Crippen MR) is 91.1 cm³/mol. The Kier molecular flexibility index (Phi) is 5.45. The quantitative estimate of drug-likeness (QED) is 0.831. The van der Waals surface area contributed by atoms with E-state index in [1.807, 2.05) is 24.3 Å². The molecule has 0 aliphatic carbocycles. The van der Waals surface area contributed by atoms with E-state index in [9.17, 15) is 4.79 Å². The second kappa shape index (κ2) is 7.32. The minimum atomic E-state index is -0.240. The van der Waals surface area contributed by atoms with Crippen LogP contribution < -0.4 is 10.1 Å². The molecule has 0 aromatic heterocycles. The fraction of sp³-hybridized carbons (Fsp3) is 0.278. The molecule has 0 spiro atoms. The Bertz CT molecular complexity index is 653. The number of hydrogen-bond donors (Lipinski definition) is 1. The summed E-state index contributed by atoms with van der Waals surface area (Å²) in [5.74, 6) is 0.770. The lowest BCUT2D eigenvalue weighted by Gasteiger charge is -2.12. The summed E-state index contributed by atoms with van der Waals surface area (Å²) in [7, 11) is 1.53. The number of benzene rings is 2. The van der Waals surface area contributed by atoms with Gasteiger partial charge in [-0.2, -0.15) is 0 Å². The first kappa shape index (κ1) is 16.4. The van der Waals surface area contributed by atoms with E-state index < -0.39 is 0 Å². The lowest BCUT2D eigenvalue weighted by molar-refractivity contribution is 0.102. The number of carbonyl (C=O) groups excluding carboxylic acids is 1. The summed E-state index contributed by atoms with van der Waals surface area (Å²) >= 11 is 5.96. The first-order valence-corrected chi connectivity index (χ1v) is 7.67. The maximum Gasteiger partial charge on any atom is 0.259 e. The van der Waals surface area contributed by atoms with Crippen molar-refractivity contribution >= 4 is 23.2 Å². The lowest BCUT2D eigenvalue weighted by Crippen LogP contribution is -2.13. The van der Waals surface area contributed by atoms with E-state index in [0.29, 0.717) is 22.3 Å². The zero-order chi connectivity index (χ0) is 16.1. The highest BCUT2D eigenvalue weighted by atomic mass is 35.5. The number of amides is 1. The van der Waals surface area contributed by atoms with E-state index in [2.05, 4.69) is 19.2 Å². The first-order valence-electron chi connectivity index (χ1n) is 7.30. The van der Waals surface area contributed by atoms with Crippen LogP contribution in [0.3, 0.4) is 0 Å². The Morgan fingerprint density at radius 1 is 1.23 bits per heavy atom. The number of rotatable bonds is 5. The van der Waals surface area contributed by atoms with Gasteiger partial charge in [0.25, 0.3) is 5.91 Å². The van der Waals surface area contributed by atoms with Crippen molar-refractivity contribution in [1.82, 2.24) is 0 Å². The van der Waals surface area contributed by atoms with Gasteiger partial charge in [-0.05, 0) is 48.2 Å². The van der Waals surface area contributed by atoms with Gasteiger partial charge in [0.15, 0.2) is 0 Å². The molecule has 0 bridgehead atoms. The summed E-state index contributed by atoms with van der Waals surface area (Å²) in [4.78, 5) is 12.4. The van der Waals surface area contributed by atoms with E-state index in [-0.39, 0.29) is 5.91 Å². The third-order valence-electron chi connectivity index (χ3n) is 3.76. The molecule has 0 heterocycles. The summed E-state index contributed by atoms with van der Waals surface area (Å²) in [6.45, 7) is 4.34. The van der Waals surface area contributed by atoms with Gasteiger partial charge in [0.2, 0.25) is 0 Å². The smallest absolute Gasteiger partial charge is 0.259 e. The second-order valence-electron chi connectivity index (χ2n) is 5.23. The molecule has 22 heavy (non-hydrogen) atoms. The molecule has 3 nitrogen and oxygen atoms in total. The maximum atomic E-state index is 12.4. The van der Waals surface area contributed by atoms with Crippen molar-refractivity contribution < 1.29 is 9.53 Å². The fourth-order valence-electron chi connectivity index (χ4n) is 2.19. The molecule has 0 aliphatic rings. The van der Waals surface area contributed by atoms with E-state index in [1.54, 1.807) is 18.2 Å². The van der Waals surface area contributed by atoms with Crippen molar-refractivity contribution in [2.75, 3.05) is 12.4 Å². The number of nitrogens with one attached hydrogen (secondary N) is 1. The minimum absolute atomic E-state index is 0.240. The molecule has 2 rings (SSSR count). The van der Waals surface area contributed by atoms with Crippen LogP contribution in [0.5, 0.6) is 5.75 Å². The number of ether oxygens (including phenoxy) is 1. The topological polar surface area (TPSA) is 38.3 Å². The van der Waals surface area contributed by atoms with E-state index in [0.717, 1.165) is 12.1 Å². The molecule has 1 atom stereocenters. The molecule has 2 aromatic rings. The first-order chi connectivity index (χ1) is 10.5. The van der Waals surface area contributed by atoms with Gasteiger partial charge in [0.05, 0.1) is 12.7 Å². The van der Waals surface area contributed by atoms with Crippen LogP contribution in [0.4, 0.5) is 5.69 Å². The largest absolute Gasteiger partial charge is 0.496 e. The molecule has 116 valence electrons. The summed E-state index contributed by atoms with van der Waals surface area (Å²) in [5, 5.41) is 3.36. The predicted octanol–water partition coefficient (Wildman–Crippen LogP) is 5.11. The number of hydrogen-bond acceptors (Lipinski definition) is 2. The van der Waals surface area contributed by atoms with Crippen LogP contribution in [-0.4, -0.2) is 13.0 Å². The van der Waals surface area contributed by atoms with Gasteiger partial charge in [0, 0.05) is 10.7 Å². The Hall–Kier alpha value is -2.00. The molecule has 0 aliphatic heterocycles. The monoisotopic (exact) mass is 317 g/mol. The summed E-state index contributed by atoms with van der Waals surface area (Å²) in [6, 6.07) is 12.9. The summed E-state index contributed by atoms with van der Waals surface area (Å²) in [6.07, 6.45) is 1.09. The lowest BCUT2D eigenvalue weighted by atomic mass is 9.98. The van der Waals surface area contributed by atoms with Gasteiger partial charge < -0.3 is 10.1 Å². The molecule has 1 amide bonds. The minimum Gasteiger partial charge on any atom is -0.496 e. The SMILES string of the molecule is CC[C@@H](C)c1ccc(NC(=O)c2cc(Cl)ccc2OC)cc1. The summed E-state index contributed by atoms with van der Waals surface area (Å²) < 4.78 is 5.20. The summed E-state index contributed by atoms with van der Waals surface area (Å²) in [5.41, 5.74) is 2.43. The average Bonchev–Trinajstić information content (AvgIpc) is 2.54. The van der Waals surface area contributed by atoms with Crippen LogP contribution >= 0.6 is 11.6 Å². The number of carbonyl (C=O) groups is 1. The molecule has 1 N–H and O–H groups in total. The van der Waals surface area contributed by atoms with Crippen LogP contribution in [0.1, 0.15) is 42.1 Å². The Balaban J connectivity index is 2.17. The standard InChI is InChI=1S/C18H20ClNO2/c1-4-12(2)13-5-8-15(9-6-13)20-18(21)16-11-14(19)7-10-17(16)22-3/h5-12H,4H2,1-3H3,(H,20,21)/t12-/m1/s1. The van der Waals surface area contributed by atoms with Crippen molar-refractivity contribution in [1.29, 1.82) is 0 Å². The maximum absolute atomic E-state index is 12.4. The highest BCUT2D eigenvalue weighted by Gasteiger charge is 2.13. The molecule has 0 saturated heterocycles. The third kappa shape index (κ3) is 3.80. The Morgan fingerprint density at radius 2 is 1.91 bits per heavy atom. The van der Waals surface area contributed by atoms with Crippen LogP contribution in [0.15, 0.2) is 42.5 Å². The molecule has 2 aromatic carbocycles. The van der Waals surface area contributed by atoms with Crippen molar-refractivity contribution in [3.8, 4) is 5.75 Å². The number of halogens is 1. The third-order valence-corrected chi connectivity index (χ3v) is 3.99. The van der Waals surface area contributed by atoms with Crippen LogP contribution in [0.2, 0.25) is 5.02 Å². The highest BCUT2D eigenvalue weighted by Crippen LogP contribution is 2.25. The zero-order valence-corrected chi connectivity index (χ0v) is 13.8. The average molecular weight is 318 g/mol. The molecule has 0 saturated carbocycles. The van der Waals surface area contributed by atoms with E-state index in [4.69, 9.17) is 16.3 Å². The fourth-order valence-corrected chi connectivity index (χ4v) is 2.36. The number of anilines is 1. The highest BCUT2D eigenvalue weighted by molar-refractivity contribution is 6.31. The van der Waals surface area contributed by atoms with Gasteiger partial charge in [-0.25, -0.2) is 0 Å². The molecule has 0 fully saturated rings. The Labute approximate surface area is 136 Å². The van der Waals surface area contributed by atoms with Crippen LogP contribution in [0.25, 0.3) is 0 Å². The van der Waals surface area contributed by atoms with Crippen molar-refractivity contribution in [3.63, 3.8) is 0 Å². The Morgan fingerprint density at radius 3 is 2.50 bits per heavy atom. The molecule has 0 unspecified atom stereocenters. The van der Waals surface area contributed by atoms with Crippen molar-refractivity contribution in [2.45, 2.75) is 26.2 Å². The van der Waals surface area contributed by atoms with Gasteiger partial charge >= 0.3 is 0 Å². The van der Waals surface area contributed by atoms with E-state index in [1.165, 1.54) is 12.7 Å². The molecular weight excluding hydrogens is 298 g/mol. The van der Waals surface area contributed by atoms with Gasteiger partial charge in [-0.1, -0.05) is 37.6 Å². The molecule has 4 heteroatoms. The molecular formula is C18H20ClNO2. The van der Waals surface area contributed by atoms with Crippen LogP contribution in [-0.2, 0) is 0 Å². The van der Waals surface area contributed by atoms with Crippen molar-refractivity contribution in [3.05, 3.63) is 58.6 Å². The number of methoxy groups -OCH3 is 1. The molecule has 0 radical (unpaired) electrons. The van der Waals surface area contributed by atoms with E-state index >= 15 is 0 Å². The zero-order valence-electron chi connectivity index (χ0n) is 13.0. The van der Waals surface area contributed by atoms with Crippen molar-refractivity contribution in [2.24, 2.45) is 0 Å². The van der Waals surface area contributed by atoms with Gasteiger partial charge in [-0.3, -0.25) is 4.79 Å².